The Morgan fingerprint density at radius 1 is 1.28 bits per heavy atom. The number of Topliss-reactive ketones (excluding diaryl/α,β-unsaturated/α-hetero) is 1. The molecule has 0 bridgehead atoms. The Balaban J connectivity index is 2.09. The number of fused-ring (bicyclic) bond motifs is 3. The van der Waals surface area contributed by atoms with Crippen LogP contribution in [0.1, 0.15) is 34.7 Å². The second-order valence-electron chi connectivity index (χ2n) is 5.40. The van der Waals surface area contributed by atoms with Gasteiger partial charge < -0.3 is 4.90 Å². The molecular formula is C14H15F2NO. The number of halogens is 2. The minimum atomic E-state index is -0.926. The Hall–Kier alpha value is -1.29. The summed E-state index contributed by atoms with van der Waals surface area (Å²) in [5, 5.41) is 0. The van der Waals surface area contributed by atoms with E-state index in [1.54, 1.807) is 0 Å². The molecule has 1 saturated heterocycles. The second-order valence-corrected chi connectivity index (χ2v) is 5.40. The number of hydrogen-bond acceptors (Lipinski definition) is 2. The minimum absolute atomic E-state index is 0.0466. The van der Waals surface area contributed by atoms with Crippen LogP contribution in [0.2, 0.25) is 0 Å². The van der Waals surface area contributed by atoms with Gasteiger partial charge in [-0.15, -0.1) is 0 Å². The molecule has 0 unspecified atom stereocenters. The summed E-state index contributed by atoms with van der Waals surface area (Å²) in [4.78, 5) is 14.2. The third-order valence-corrected chi connectivity index (χ3v) is 4.20. The number of carbonyl (C=O) groups is 1. The van der Waals surface area contributed by atoms with Crippen molar-refractivity contribution in [3.8, 4) is 0 Å². The number of likely N-dealkylation sites (N-methyl/N-ethyl adjacent to an activating group) is 1. The monoisotopic (exact) mass is 251 g/mol. The van der Waals surface area contributed by atoms with Crippen molar-refractivity contribution in [1.82, 2.24) is 4.90 Å². The van der Waals surface area contributed by atoms with E-state index in [0.29, 0.717) is 17.5 Å². The van der Waals surface area contributed by atoms with Gasteiger partial charge in [-0.1, -0.05) is 0 Å². The zero-order chi connectivity index (χ0) is 12.9. The zero-order valence-electron chi connectivity index (χ0n) is 10.2. The molecule has 0 amide bonds. The molecule has 4 heteroatoms. The lowest BCUT2D eigenvalue weighted by molar-refractivity contribution is 0.0886. The van der Waals surface area contributed by atoms with Gasteiger partial charge in [0.1, 0.15) is 0 Å². The van der Waals surface area contributed by atoms with Gasteiger partial charge in [-0.05, 0) is 43.6 Å². The third kappa shape index (κ3) is 1.75. The Bertz CT molecular complexity index is 515. The molecule has 1 fully saturated rings. The van der Waals surface area contributed by atoms with Gasteiger partial charge in [0.2, 0.25) is 0 Å². The van der Waals surface area contributed by atoms with E-state index in [9.17, 15) is 13.6 Å². The van der Waals surface area contributed by atoms with Gasteiger partial charge in [-0.2, -0.15) is 0 Å². The maximum Gasteiger partial charge on any atom is 0.163 e. The molecule has 3 rings (SSSR count). The van der Waals surface area contributed by atoms with Crippen LogP contribution in [0.25, 0.3) is 0 Å². The number of carbonyl (C=O) groups excluding carboxylic acids is 1. The lowest BCUT2D eigenvalue weighted by Crippen LogP contribution is -2.40. The Kier molecular flexibility index (Phi) is 2.70. The first-order chi connectivity index (χ1) is 8.56. The molecule has 96 valence electrons. The molecular weight excluding hydrogens is 236 g/mol. The quantitative estimate of drug-likeness (QED) is 0.706. The van der Waals surface area contributed by atoms with Crippen LogP contribution in [-0.4, -0.2) is 30.8 Å². The maximum atomic E-state index is 13.4. The smallest absolute Gasteiger partial charge is 0.163 e. The van der Waals surface area contributed by atoms with Crippen LogP contribution in [0.3, 0.4) is 0 Å². The average Bonchev–Trinajstić information content (AvgIpc) is 2.33. The van der Waals surface area contributed by atoms with Crippen molar-refractivity contribution in [1.29, 1.82) is 0 Å². The summed E-state index contributed by atoms with van der Waals surface area (Å²) in [6.45, 7) is 1.78. The summed E-state index contributed by atoms with van der Waals surface area (Å²) in [6.07, 6.45) is 1.42. The van der Waals surface area contributed by atoms with Crippen molar-refractivity contribution >= 4 is 5.78 Å². The Morgan fingerprint density at radius 2 is 2.00 bits per heavy atom. The Morgan fingerprint density at radius 3 is 2.78 bits per heavy atom. The van der Waals surface area contributed by atoms with E-state index in [-0.39, 0.29) is 17.6 Å². The molecule has 2 nitrogen and oxygen atoms in total. The molecule has 1 aliphatic heterocycles. The van der Waals surface area contributed by atoms with Crippen molar-refractivity contribution in [2.75, 3.05) is 20.1 Å². The van der Waals surface area contributed by atoms with E-state index < -0.39 is 11.6 Å². The molecule has 1 aromatic rings. The van der Waals surface area contributed by atoms with Gasteiger partial charge in [0.15, 0.2) is 17.4 Å². The van der Waals surface area contributed by atoms with Crippen LogP contribution in [0.5, 0.6) is 0 Å². The highest BCUT2D eigenvalue weighted by Gasteiger charge is 2.37. The fourth-order valence-corrected chi connectivity index (χ4v) is 3.22. The summed E-state index contributed by atoms with van der Waals surface area (Å²) >= 11 is 0. The van der Waals surface area contributed by atoms with Crippen LogP contribution >= 0.6 is 0 Å². The largest absolute Gasteiger partial charge is 0.306 e. The fourth-order valence-electron chi connectivity index (χ4n) is 3.22. The van der Waals surface area contributed by atoms with Crippen molar-refractivity contribution in [2.24, 2.45) is 5.92 Å². The van der Waals surface area contributed by atoms with Crippen molar-refractivity contribution in [3.63, 3.8) is 0 Å². The molecule has 1 aromatic carbocycles. The van der Waals surface area contributed by atoms with Gasteiger partial charge in [0, 0.05) is 24.4 Å². The highest BCUT2D eigenvalue weighted by molar-refractivity contribution is 5.99. The molecule has 0 radical (unpaired) electrons. The van der Waals surface area contributed by atoms with Gasteiger partial charge in [-0.3, -0.25) is 4.79 Å². The summed E-state index contributed by atoms with van der Waals surface area (Å²) < 4.78 is 26.6. The van der Waals surface area contributed by atoms with Crippen LogP contribution in [-0.2, 0) is 0 Å². The highest BCUT2D eigenvalue weighted by atomic mass is 19.2. The van der Waals surface area contributed by atoms with E-state index in [1.165, 1.54) is 6.07 Å². The van der Waals surface area contributed by atoms with Gasteiger partial charge in [0.05, 0.1) is 0 Å². The van der Waals surface area contributed by atoms with Crippen molar-refractivity contribution < 1.29 is 13.6 Å². The average molecular weight is 251 g/mol. The summed E-state index contributed by atoms with van der Waals surface area (Å²) in [6, 6.07) is 2.29. The van der Waals surface area contributed by atoms with E-state index in [1.807, 2.05) is 7.05 Å². The van der Waals surface area contributed by atoms with Crippen LogP contribution in [0.15, 0.2) is 12.1 Å². The third-order valence-electron chi connectivity index (χ3n) is 4.20. The lowest BCUT2D eigenvalue weighted by Gasteiger charge is -2.40. The van der Waals surface area contributed by atoms with Crippen molar-refractivity contribution in [3.05, 3.63) is 34.9 Å². The van der Waals surface area contributed by atoms with E-state index in [4.69, 9.17) is 0 Å². The molecule has 2 aliphatic rings. The molecule has 1 aliphatic carbocycles. The first kappa shape index (κ1) is 11.8. The molecule has 18 heavy (non-hydrogen) atoms. The number of nitrogens with zero attached hydrogens (tertiary/aromatic N) is 1. The van der Waals surface area contributed by atoms with Gasteiger partial charge in [0.25, 0.3) is 0 Å². The first-order valence-corrected chi connectivity index (χ1v) is 6.27. The standard InChI is InChI=1S/C14H15F2NO/c1-17-3-2-8-4-14(18)10-6-13(16)12(15)5-9(10)11(8)7-17/h5-6,8,11H,2-4,7H2,1H3/t8-,11+/m0/s1. The second kappa shape index (κ2) is 4.12. The van der Waals surface area contributed by atoms with E-state index >= 15 is 0 Å². The number of hydrogen-bond donors (Lipinski definition) is 0. The predicted octanol–water partition coefficient (Wildman–Crippen LogP) is 2.59. The number of piperidine rings is 1. The zero-order valence-corrected chi connectivity index (χ0v) is 10.2. The normalized spacial score (nSPS) is 27.8. The molecule has 1 heterocycles. The topological polar surface area (TPSA) is 20.3 Å². The first-order valence-electron chi connectivity index (χ1n) is 6.27. The summed E-state index contributed by atoms with van der Waals surface area (Å²) in [5.74, 6) is -1.38. The fraction of sp³-hybridized carbons (Fsp3) is 0.500. The van der Waals surface area contributed by atoms with Crippen LogP contribution in [0.4, 0.5) is 8.78 Å². The predicted molar refractivity (Wildman–Crippen MR) is 63.7 cm³/mol. The maximum absolute atomic E-state index is 13.4. The van der Waals surface area contributed by atoms with E-state index in [2.05, 4.69) is 4.90 Å². The van der Waals surface area contributed by atoms with Gasteiger partial charge >= 0.3 is 0 Å². The Labute approximate surface area is 105 Å². The number of rotatable bonds is 0. The molecule has 0 saturated carbocycles. The highest BCUT2D eigenvalue weighted by Crippen LogP contribution is 2.41. The molecule has 0 spiro atoms. The number of benzene rings is 1. The van der Waals surface area contributed by atoms with E-state index in [0.717, 1.165) is 25.6 Å². The SMILES string of the molecule is CN1CC[C@H]2CC(=O)c3cc(F)c(F)cc3[C@@H]2C1. The molecule has 0 N–H and O–H groups in total. The number of likely N-dealkylation sites (tertiary alicyclic amines) is 1. The van der Waals surface area contributed by atoms with Crippen LogP contribution < -0.4 is 0 Å². The van der Waals surface area contributed by atoms with Crippen molar-refractivity contribution in [2.45, 2.75) is 18.8 Å². The molecule has 0 aromatic heterocycles. The van der Waals surface area contributed by atoms with Gasteiger partial charge in [-0.25, -0.2) is 8.78 Å². The summed E-state index contributed by atoms with van der Waals surface area (Å²) in [5.41, 5.74) is 1.08. The lowest BCUT2D eigenvalue weighted by atomic mass is 9.71. The molecule has 2 atom stereocenters. The minimum Gasteiger partial charge on any atom is -0.306 e. The van der Waals surface area contributed by atoms with Crippen LogP contribution in [0, 0.1) is 17.6 Å². The number of ketones is 1. The summed E-state index contributed by atoms with van der Waals surface area (Å²) in [7, 11) is 2.02.